The first kappa shape index (κ1) is 25.6. The number of halogens is 3. The Labute approximate surface area is 186 Å². The average molecular weight is 441 g/mol. The van der Waals surface area contributed by atoms with Gasteiger partial charge in [-0.1, -0.05) is 37.3 Å². The molecule has 0 aromatic heterocycles. The van der Waals surface area contributed by atoms with Gasteiger partial charge in [-0.05, 0) is 62.3 Å². The van der Waals surface area contributed by atoms with Crippen LogP contribution in [0, 0.1) is 5.82 Å². The largest absolute Gasteiger partial charge is 0.300 e. The summed E-state index contributed by atoms with van der Waals surface area (Å²) in [6.45, 7) is 7.11. The lowest BCUT2D eigenvalue weighted by molar-refractivity contribution is 0.0885. The molecule has 160 valence electrons. The highest BCUT2D eigenvalue weighted by atomic mass is 35.5. The van der Waals surface area contributed by atoms with Crippen molar-refractivity contribution >= 4 is 30.6 Å². The van der Waals surface area contributed by atoms with Crippen molar-refractivity contribution in [2.24, 2.45) is 0 Å². The molecule has 3 nitrogen and oxygen atoms in total. The summed E-state index contributed by atoms with van der Waals surface area (Å²) in [5.74, 6) is -0.209. The number of benzene rings is 2. The molecular weight excluding hydrogens is 410 g/mol. The van der Waals surface area contributed by atoms with Gasteiger partial charge >= 0.3 is 0 Å². The van der Waals surface area contributed by atoms with Gasteiger partial charge in [0, 0.05) is 31.1 Å². The lowest BCUT2D eigenvalue weighted by Crippen LogP contribution is -2.45. The Bertz CT molecular complexity index is 719. The van der Waals surface area contributed by atoms with Crippen molar-refractivity contribution in [1.29, 1.82) is 0 Å². The van der Waals surface area contributed by atoms with E-state index in [2.05, 4.69) is 47.1 Å². The number of carbonyl (C=O) groups is 1. The highest BCUT2D eigenvalue weighted by Crippen LogP contribution is 2.19. The fourth-order valence-electron chi connectivity index (χ4n) is 3.91. The predicted molar refractivity (Wildman–Crippen MR) is 122 cm³/mol. The number of hydrogen-bond acceptors (Lipinski definition) is 3. The number of ketones is 1. The number of rotatable bonds is 8. The van der Waals surface area contributed by atoms with Crippen LogP contribution in [0.25, 0.3) is 0 Å². The minimum Gasteiger partial charge on any atom is -0.300 e. The van der Waals surface area contributed by atoms with Crippen LogP contribution in [0.4, 0.5) is 4.39 Å². The standard InChI is InChI=1S/C23H29FN2O.2ClH/c1-2-26(17-14-23(27)20-8-10-21(24)11-9-20)22-12-15-25(16-13-22)18-19-6-4-3-5-7-19;;/h3-11,22H,2,12-18H2,1H3;2*1H. The van der Waals surface area contributed by atoms with Gasteiger partial charge in [-0.3, -0.25) is 9.69 Å². The van der Waals surface area contributed by atoms with Gasteiger partial charge in [-0.15, -0.1) is 24.8 Å². The van der Waals surface area contributed by atoms with Gasteiger partial charge in [-0.25, -0.2) is 4.39 Å². The number of hydrogen-bond donors (Lipinski definition) is 0. The maximum Gasteiger partial charge on any atom is 0.164 e. The van der Waals surface area contributed by atoms with Gasteiger partial charge in [0.25, 0.3) is 0 Å². The van der Waals surface area contributed by atoms with Crippen molar-refractivity contribution in [2.45, 2.75) is 38.8 Å². The SMILES string of the molecule is CCN(CCC(=O)c1ccc(F)cc1)C1CCN(Cc2ccccc2)CC1.Cl.Cl. The summed E-state index contributed by atoms with van der Waals surface area (Å²) in [4.78, 5) is 17.3. The molecule has 0 spiro atoms. The zero-order valence-corrected chi connectivity index (χ0v) is 18.6. The number of nitrogens with zero attached hydrogens (tertiary/aromatic N) is 2. The van der Waals surface area contributed by atoms with E-state index in [-0.39, 0.29) is 36.4 Å². The molecule has 2 aromatic carbocycles. The van der Waals surface area contributed by atoms with Crippen molar-refractivity contribution in [3.63, 3.8) is 0 Å². The van der Waals surface area contributed by atoms with E-state index >= 15 is 0 Å². The number of piperidine rings is 1. The molecule has 2 aromatic rings. The molecular formula is C23H31Cl2FN2O. The third kappa shape index (κ3) is 7.71. The van der Waals surface area contributed by atoms with Crippen LogP contribution in [0.5, 0.6) is 0 Å². The van der Waals surface area contributed by atoms with E-state index in [1.54, 1.807) is 12.1 Å². The van der Waals surface area contributed by atoms with E-state index in [0.717, 1.165) is 45.6 Å². The maximum atomic E-state index is 13.0. The second-order valence-electron chi connectivity index (χ2n) is 7.30. The van der Waals surface area contributed by atoms with Gasteiger partial charge in [0.2, 0.25) is 0 Å². The van der Waals surface area contributed by atoms with Crippen LogP contribution in [0.3, 0.4) is 0 Å². The van der Waals surface area contributed by atoms with Gasteiger partial charge in [0.05, 0.1) is 0 Å². The van der Waals surface area contributed by atoms with Crippen molar-refractivity contribution in [3.05, 3.63) is 71.5 Å². The summed E-state index contributed by atoms with van der Waals surface area (Å²) < 4.78 is 13.0. The third-order valence-electron chi connectivity index (χ3n) is 5.52. The molecule has 0 bridgehead atoms. The molecule has 1 aliphatic rings. The van der Waals surface area contributed by atoms with Crippen molar-refractivity contribution in [3.8, 4) is 0 Å². The van der Waals surface area contributed by atoms with E-state index in [1.165, 1.54) is 17.7 Å². The average Bonchev–Trinajstić information content (AvgIpc) is 2.71. The van der Waals surface area contributed by atoms with E-state index in [1.807, 2.05) is 0 Å². The van der Waals surface area contributed by atoms with E-state index in [9.17, 15) is 9.18 Å². The Morgan fingerprint density at radius 1 is 1.03 bits per heavy atom. The topological polar surface area (TPSA) is 23.6 Å². The lowest BCUT2D eigenvalue weighted by atomic mass is 10.0. The molecule has 1 fully saturated rings. The third-order valence-corrected chi connectivity index (χ3v) is 5.52. The van der Waals surface area contributed by atoms with Gasteiger partial charge < -0.3 is 4.90 Å². The Morgan fingerprint density at radius 3 is 2.24 bits per heavy atom. The van der Waals surface area contributed by atoms with E-state index in [0.29, 0.717) is 18.0 Å². The Kier molecular flexibility index (Phi) is 11.4. The van der Waals surface area contributed by atoms with Crippen LogP contribution in [0.15, 0.2) is 54.6 Å². The normalized spacial score (nSPS) is 14.9. The minimum absolute atomic E-state index is 0. The van der Waals surface area contributed by atoms with Crippen LogP contribution < -0.4 is 0 Å². The second-order valence-corrected chi connectivity index (χ2v) is 7.30. The number of carbonyl (C=O) groups excluding carboxylic acids is 1. The van der Waals surface area contributed by atoms with Crippen LogP contribution in [0.2, 0.25) is 0 Å². The highest BCUT2D eigenvalue weighted by molar-refractivity contribution is 5.96. The molecule has 3 rings (SSSR count). The first-order chi connectivity index (χ1) is 13.2. The smallest absolute Gasteiger partial charge is 0.164 e. The fraction of sp³-hybridized carbons (Fsp3) is 0.435. The summed E-state index contributed by atoms with van der Waals surface area (Å²) in [6, 6.07) is 17.0. The monoisotopic (exact) mass is 440 g/mol. The first-order valence-electron chi connectivity index (χ1n) is 9.95. The molecule has 0 atom stereocenters. The second kappa shape index (κ2) is 13.0. The molecule has 29 heavy (non-hydrogen) atoms. The summed E-state index contributed by atoms with van der Waals surface area (Å²) >= 11 is 0. The summed E-state index contributed by atoms with van der Waals surface area (Å²) in [6.07, 6.45) is 2.78. The van der Waals surface area contributed by atoms with Crippen molar-refractivity contribution in [1.82, 2.24) is 9.80 Å². The van der Waals surface area contributed by atoms with Crippen LogP contribution in [-0.4, -0.2) is 47.8 Å². The van der Waals surface area contributed by atoms with Crippen LogP contribution >= 0.6 is 24.8 Å². The van der Waals surface area contributed by atoms with E-state index in [4.69, 9.17) is 0 Å². The van der Waals surface area contributed by atoms with Crippen molar-refractivity contribution < 1.29 is 9.18 Å². The van der Waals surface area contributed by atoms with E-state index < -0.39 is 0 Å². The highest BCUT2D eigenvalue weighted by Gasteiger charge is 2.24. The van der Waals surface area contributed by atoms with Crippen LogP contribution in [0.1, 0.15) is 42.1 Å². The molecule has 1 saturated heterocycles. The predicted octanol–water partition coefficient (Wildman–Crippen LogP) is 5.23. The maximum absolute atomic E-state index is 13.0. The molecule has 0 unspecified atom stereocenters. The number of Topliss-reactive ketones (excluding diaryl/α,β-unsaturated/α-hetero) is 1. The summed E-state index contributed by atoms with van der Waals surface area (Å²) in [7, 11) is 0. The number of likely N-dealkylation sites (tertiary alicyclic amines) is 1. The Morgan fingerprint density at radius 2 is 1.66 bits per heavy atom. The molecule has 0 saturated carbocycles. The molecule has 0 N–H and O–H groups in total. The summed E-state index contributed by atoms with van der Waals surface area (Å²) in [5.41, 5.74) is 1.97. The molecule has 0 amide bonds. The van der Waals surface area contributed by atoms with Gasteiger partial charge in [-0.2, -0.15) is 0 Å². The molecule has 0 aliphatic carbocycles. The molecule has 1 aliphatic heterocycles. The van der Waals surface area contributed by atoms with Crippen molar-refractivity contribution in [2.75, 3.05) is 26.2 Å². The zero-order chi connectivity index (χ0) is 19.1. The quantitative estimate of drug-likeness (QED) is 0.525. The Balaban J connectivity index is 0.00000210. The summed E-state index contributed by atoms with van der Waals surface area (Å²) in [5, 5.41) is 0. The molecule has 6 heteroatoms. The Hall–Kier alpha value is -1.46. The first-order valence-corrected chi connectivity index (χ1v) is 9.95. The lowest BCUT2D eigenvalue weighted by Gasteiger charge is -2.38. The zero-order valence-electron chi connectivity index (χ0n) is 16.9. The van der Waals surface area contributed by atoms with Gasteiger partial charge in [0.1, 0.15) is 5.82 Å². The fourth-order valence-corrected chi connectivity index (χ4v) is 3.91. The molecule has 0 radical (unpaired) electrons. The van der Waals surface area contributed by atoms with Gasteiger partial charge in [0.15, 0.2) is 5.78 Å². The molecule has 1 heterocycles. The van der Waals surface area contributed by atoms with Crippen LogP contribution in [-0.2, 0) is 6.54 Å². The minimum atomic E-state index is -0.302.